The van der Waals surface area contributed by atoms with Crippen LogP contribution in [0.5, 0.6) is 0 Å². The van der Waals surface area contributed by atoms with Gasteiger partial charge in [-0.05, 0) is 12.8 Å². The van der Waals surface area contributed by atoms with Gasteiger partial charge < -0.3 is 4.43 Å². The summed E-state index contributed by atoms with van der Waals surface area (Å²) in [5, 5.41) is 0. The molecule has 0 aromatic heterocycles. The third-order valence-electron chi connectivity index (χ3n) is 1.87. The maximum atomic E-state index is 11.1. The average molecular weight is 174 g/mol. The molecule has 0 N–H and O–H groups in total. The highest BCUT2D eigenvalue weighted by Gasteiger charge is 2.21. The molecule has 0 spiro atoms. The second kappa shape index (κ2) is 4.05. The number of rotatable bonds is 2. The second-order valence-corrected chi connectivity index (χ2v) is 5.30. The van der Waals surface area contributed by atoms with Crippen LogP contribution in [-0.2, 0) is 9.22 Å². The quantitative estimate of drug-likeness (QED) is 0.496. The van der Waals surface area contributed by atoms with E-state index < -0.39 is 0 Å². The molecule has 1 atom stereocenters. The molecule has 0 heterocycles. The first-order valence-corrected chi connectivity index (χ1v) is 10.2. The van der Waals surface area contributed by atoms with Gasteiger partial charge in [0.25, 0.3) is 0 Å². The van der Waals surface area contributed by atoms with E-state index in [0.717, 1.165) is 19.3 Å². The lowest BCUT2D eigenvalue weighted by molar-refractivity contribution is -0.127. The van der Waals surface area contributed by atoms with E-state index in [0.29, 0.717) is 5.78 Å². The molecule has 4 heteroatoms. The fraction of sp³-hybridized carbons (Fsp3) is 0.833. The summed E-state index contributed by atoms with van der Waals surface area (Å²) in [6.45, 7) is 0. The number of carbonyl (C=O) groups is 1. The van der Waals surface area contributed by atoms with Gasteiger partial charge >= 0.3 is 0 Å². The van der Waals surface area contributed by atoms with Crippen LogP contribution in [0, 0.1) is 0 Å². The smallest absolute Gasteiger partial charge is 0.160 e. The van der Waals surface area contributed by atoms with Gasteiger partial charge in [-0.2, -0.15) is 0 Å². The maximum absolute atomic E-state index is 11.1. The highest BCUT2D eigenvalue weighted by molar-refractivity contribution is 6.85. The van der Waals surface area contributed by atoms with Crippen LogP contribution in [0.4, 0.5) is 0 Å². The summed E-state index contributed by atoms with van der Waals surface area (Å²) in [6.07, 6.45) is 4.06. The van der Waals surface area contributed by atoms with E-state index in [2.05, 4.69) is 0 Å². The third-order valence-corrected chi connectivity index (χ3v) is 3.60. The second-order valence-electron chi connectivity index (χ2n) is 2.66. The van der Waals surface area contributed by atoms with E-state index >= 15 is 0 Å². The molecule has 0 aliphatic heterocycles. The summed E-state index contributed by atoms with van der Waals surface area (Å²) < 4.78 is 5.45. The van der Waals surface area contributed by atoms with Crippen molar-refractivity contribution in [2.24, 2.45) is 0 Å². The van der Waals surface area contributed by atoms with Crippen LogP contribution < -0.4 is 0 Å². The number of carbonyl (C=O) groups excluding carboxylic acids is 1. The van der Waals surface area contributed by atoms with Crippen LogP contribution in [0.25, 0.3) is 0 Å². The van der Waals surface area contributed by atoms with Gasteiger partial charge in [0.15, 0.2) is 5.78 Å². The van der Waals surface area contributed by atoms with Crippen LogP contribution in [0.15, 0.2) is 0 Å². The molecule has 2 nitrogen and oxygen atoms in total. The van der Waals surface area contributed by atoms with Gasteiger partial charge in [0.2, 0.25) is 0 Å². The molecule has 1 rings (SSSR count). The highest BCUT2D eigenvalue weighted by atomic mass is 29.1. The van der Waals surface area contributed by atoms with Crippen LogP contribution >= 0.6 is 0 Å². The Morgan fingerprint density at radius 3 is 3.00 bits per heavy atom. The van der Waals surface area contributed by atoms with Gasteiger partial charge in [0, 0.05) is 16.2 Å². The minimum absolute atomic E-state index is 0.0258. The zero-order chi connectivity index (χ0) is 7.40. The zero-order valence-electron chi connectivity index (χ0n) is 6.43. The first-order valence-electron chi connectivity index (χ1n) is 3.99. The molecule has 0 aromatic carbocycles. The summed E-state index contributed by atoms with van der Waals surface area (Å²) in [5.41, 5.74) is 0. The molecule has 0 amide bonds. The summed E-state index contributed by atoms with van der Waals surface area (Å²) in [7, 11) is 0.934. The van der Waals surface area contributed by atoms with E-state index in [1.54, 1.807) is 0 Å². The summed E-state index contributed by atoms with van der Waals surface area (Å²) in [5.74, 6) is 0.356. The molecular weight excluding hydrogens is 160 g/mol. The molecular formula is C6H14O2Si2. The predicted octanol–water partition coefficient (Wildman–Crippen LogP) is -1.12. The Bertz CT molecular complexity index is 125. The van der Waals surface area contributed by atoms with Crippen molar-refractivity contribution < 1.29 is 9.22 Å². The van der Waals surface area contributed by atoms with E-state index in [4.69, 9.17) is 4.43 Å². The molecule has 58 valence electrons. The molecule has 10 heavy (non-hydrogen) atoms. The lowest BCUT2D eigenvalue weighted by Gasteiger charge is -2.20. The standard InChI is InChI=1S/C6H14O2Si2/c7-5-3-1-2-4-6(5)8-10-9/h6H,1-4,10H2,9H3. The number of Topliss-reactive ketones (excluding diaryl/α,β-unsaturated/α-hetero) is 1. The summed E-state index contributed by atoms with van der Waals surface area (Å²) in [4.78, 5) is 11.1. The number of ketones is 1. The van der Waals surface area contributed by atoms with Crippen molar-refractivity contribution >= 4 is 24.8 Å². The summed E-state index contributed by atoms with van der Waals surface area (Å²) in [6, 6.07) is 0. The fourth-order valence-electron chi connectivity index (χ4n) is 1.33. The Morgan fingerprint density at radius 1 is 1.60 bits per heavy atom. The zero-order valence-corrected chi connectivity index (χ0v) is 9.84. The summed E-state index contributed by atoms with van der Waals surface area (Å²) >= 11 is 0. The van der Waals surface area contributed by atoms with Crippen LogP contribution in [0.2, 0.25) is 0 Å². The van der Waals surface area contributed by atoms with Crippen molar-refractivity contribution in [1.29, 1.82) is 0 Å². The van der Waals surface area contributed by atoms with E-state index in [9.17, 15) is 4.79 Å². The Kier molecular flexibility index (Phi) is 3.31. The Balaban J connectivity index is 2.32. The Morgan fingerprint density at radius 2 is 2.40 bits per heavy atom. The van der Waals surface area contributed by atoms with Crippen LogP contribution in [0.1, 0.15) is 25.7 Å². The predicted molar refractivity (Wildman–Crippen MR) is 46.8 cm³/mol. The van der Waals surface area contributed by atoms with Crippen molar-refractivity contribution in [3.8, 4) is 0 Å². The number of hydrogen-bond donors (Lipinski definition) is 0. The highest BCUT2D eigenvalue weighted by Crippen LogP contribution is 2.16. The SMILES string of the molecule is O=C1CCCCC1O[SiH2][SiH3]. The lowest BCUT2D eigenvalue weighted by Crippen LogP contribution is -2.29. The first kappa shape index (κ1) is 8.16. The van der Waals surface area contributed by atoms with Crippen molar-refractivity contribution in [2.75, 3.05) is 0 Å². The van der Waals surface area contributed by atoms with E-state index in [-0.39, 0.29) is 15.4 Å². The van der Waals surface area contributed by atoms with Gasteiger partial charge in [0.1, 0.15) is 15.4 Å². The topological polar surface area (TPSA) is 26.3 Å². The van der Waals surface area contributed by atoms with Gasteiger partial charge in [-0.3, -0.25) is 4.79 Å². The van der Waals surface area contributed by atoms with Crippen LogP contribution in [0.3, 0.4) is 0 Å². The average Bonchev–Trinajstić information content (AvgIpc) is 1.94. The monoisotopic (exact) mass is 174 g/mol. The van der Waals surface area contributed by atoms with Crippen molar-refractivity contribution in [1.82, 2.24) is 0 Å². The lowest BCUT2D eigenvalue weighted by atomic mass is 9.97. The van der Waals surface area contributed by atoms with Crippen molar-refractivity contribution in [3.63, 3.8) is 0 Å². The van der Waals surface area contributed by atoms with Gasteiger partial charge in [0.05, 0.1) is 0 Å². The van der Waals surface area contributed by atoms with Gasteiger partial charge in [-0.25, -0.2) is 0 Å². The molecule has 1 saturated carbocycles. The van der Waals surface area contributed by atoms with Gasteiger partial charge in [-0.1, -0.05) is 6.42 Å². The maximum Gasteiger partial charge on any atom is 0.160 e. The first-order chi connectivity index (χ1) is 4.84. The van der Waals surface area contributed by atoms with Crippen LogP contribution in [-0.4, -0.2) is 30.9 Å². The van der Waals surface area contributed by atoms with E-state index in [1.807, 2.05) is 0 Å². The minimum Gasteiger partial charge on any atom is -0.418 e. The molecule has 1 aliphatic rings. The fourth-order valence-corrected chi connectivity index (χ4v) is 3.29. The van der Waals surface area contributed by atoms with Crippen molar-refractivity contribution in [2.45, 2.75) is 31.8 Å². The molecule has 0 bridgehead atoms. The van der Waals surface area contributed by atoms with Crippen molar-refractivity contribution in [3.05, 3.63) is 0 Å². The molecule has 1 aliphatic carbocycles. The number of hydrogen-bond acceptors (Lipinski definition) is 2. The van der Waals surface area contributed by atoms with Gasteiger partial charge in [-0.15, -0.1) is 0 Å². The minimum atomic E-state index is -0.245. The normalized spacial score (nSPS) is 28.4. The molecule has 1 fully saturated rings. The molecule has 0 saturated heterocycles. The molecule has 0 radical (unpaired) electrons. The largest absolute Gasteiger partial charge is 0.418 e. The molecule has 1 unspecified atom stereocenters. The molecule has 0 aromatic rings. The van der Waals surface area contributed by atoms with E-state index in [1.165, 1.54) is 16.2 Å². The third kappa shape index (κ3) is 2.03. The Hall–Kier alpha value is 0.0638. The Labute approximate surface area is 66.5 Å².